The first-order chi connectivity index (χ1) is 8.91. The molecule has 0 N–H and O–H groups in total. The van der Waals surface area contributed by atoms with E-state index in [4.69, 9.17) is 4.42 Å². The maximum atomic E-state index is 12.5. The second-order valence-electron chi connectivity index (χ2n) is 4.25. The average molecular weight is 344 g/mol. The molecule has 0 fully saturated rings. The van der Waals surface area contributed by atoms with Gasteiger partial charge < -0.3 is 4.42 Å². The zero-order chi connectivity index (χ0) is 14.0. The van der Waals surface area contributed by atoms with Crippen LogP contribution in [0.25, 0.3) is 0 Å². The number of nitrogens with zero attached hydrogens (tertiary/aromatic N) is 1. The molecule has 0 radical (unpaired) electrons. The molecule has 102 valence electrons. The van der Waals surface area contributed by atoms with Crippen LogP contribution in [0, 0.1) is 6.92 Å². The van der Waals surface area contributed by atoms with Gasteiger partial charge >= 0.3 is 0 Å². The van der Waals surface area contributed by atoms with Crippen molar-refractivity contribution in [1.29, 1.82) is 0 Å². The van der Waals surface area contributed by atoms with Crippen LogP contribution in [0.15, 0.2) is 50.4 Å². The SMILES string of the molecule is Cc1cc(Br)ccc1S(=O)(=O)N(C)Cc1ccco1. The second kappa shape index (κ2) is 5.48. The summed E-state index contributed by atoms with van der Waals surface area (Å²) in [6, 6.07) is 8.60. The van der Waals surface area contributed by atoms with E-state index >= 15 is 0 Å². The van der Waals surface area contributed by atoms with Gasteiger partial charge in [-0.25, -0.2) is 8.42 Å². The van der Waals surface area contributed by atoms with E-state index < -0.39 is 10.0 Å². The van der Waals surface area contributed by atoms with E-state index in [-0.39, 0.29) is 6.54 Å². The van der Waals surface area contributed by atoms with Crippen LogP contribution in [-0.2, 0) is 16.6 Å². The third kappa shape index (κ3) is 3.08. The van der Waals surface area contributed by atoms with E-state index in [0.717, 1.165) is 4.47 Å². The Morgan fingerprint density at radius 1 is 1.32 bits per heavy atom. The van der Waals surface area contributed by atoms with Gasteiger partial charge in [0.2, 0.25) is 10.0 Å². The van der Waals surface area contributed by atoms with E-state index in [1.165, 1.54) is 10.6 Å². The van der Waals surface area contributed by atoms with E-state index in [0.29, 0.717) is 16.2 Å². The lowest BCUT2D eigenvalue weighted by Crippen LogP contribution is -2.26. The maximum Gasteiger partial charge on any atom is 0.243 e. The summed E-state index contributed by atoms with van der Waals surface area (Å²) in [5, 5.41) is 0. The highest BCUT2D eigenvalue weighted by atomic mass is 79.9. The van der Waals surface area contributed by atoms with Gasteiger partial charge in [-0.05, 0) is 42.8 Å². The summed E-state index contributed by atoms with van der Waals surface area (Å²) in [6.07, 6.45) is 1.53. The Bertz CT molecular complexity index is 665. The Hall–Kier alpha value is -1.11. The fourth-order valence-corrected chi connectivity index (χ4v) is 3.59. The highest BCUT2D eigenvalue weighted by molar-refractivity contribution is 9.10. The van der Waals surface area contributed by atoms with Crippen LogP contribution in [0.1, 0.15) is 11.3 Å². The van der Waals surface area contributed by atoms with Crippen molar-refractivity contribution < 1.29 is 12.8 Å². The van der Waals surface area contributed by atoms with Crippen molar-refractivity contribution >= 4 is 26.0 Å². The molecule has 2 rings (SSSR count). The van der Waals surface area contributed by atoms with Crippen molar-refractivity contribution in [2.45, 2.75) is 18.4 Å². The summed E-state index contributed by atoms with van der Waals surface area (Å²) in [7, 11) is -1.97. The molecule has 0 aliphatic heterocycles. The van der Waals surface area contributed by atoms with Crippen molar-refractivity contribution in [1.82, 2.24) is 4.31 Å². The Morgan fingerprint density at radius 2 is 2.05 bits per heavy atom. The number of rotatable bonds is 4. The number of sulfonamides is 1. The van der Waals surface area contributed by atoms with E-state index in [1.807, 2.05) is 0 Å². The van der Waals surface area contributed by atoms with Gasteiger partial charge in [-0.15, -0.1) is 0 Å². The Kier molecular flexibility index (Phi) is 4.13. The second-order valence-corrected chi connectivity index (χ2v) is 7.18. The Morgan fingerprint density at radius 3 is 2.63 bits per heavy atom. The maximum absolute atomic E-state index is 12.5. The molecule has 0 aliphatic carbocycles. The first kappa shape index (κ1) is 14.3. The molecular formula is C13H14BrNO3S. The lowest BCUT2D eigenvalue weighted by Gasteiger charge is -2.17. The van der Waals surface area contributed by atoms with Crippen molar-refractivity contribution in [3.8, 4) is 0 Å². The van der Waals surface area contributed by atoms with Gasteiger partial charge in [0, 0.05) is 11.5 Å². The number of hydrogen-bond acceptors (Lipinski definition) is 3. The molecule has 4 nitrogen and oxygen atoms in total. The minimum absolute atomic E-state index is 0.213. The van der Waals surface area contributed by atoms with Crippen molar-refractivity contribution in [3.05, 3.63) is 52.4 Å². The summed E-state index contributed by atoms with van der Waals surface area (Å²) in [5.74, 6) is 0.612. The summed E-state index contributed by atoms with van der Waals surface area (Å²) in [4.78, 5) is 0.310. The monoisotopic (exact) mass is 343 g/mol. The van der Waals surface area contributed by atoms with Gasteiger partial charge in [0.15, 0.2) is 0 Å². The smallest absolute Gasteiger partial charge is 0.243 e. The first-order valence-corrected chi connectivity index (χ1v) is 7.89. The molecule has 0 saturated heterocycles. The van der Waals surface area contributed by atoms with Crippen LogP contribution in [0.3, 0.4) is 0 Å². The van der Waals surface area contributed by atoms with Crippen molar-refractivity contribution in [2.75, 3.05) is 7.05 Å². The van der Waals surface area contributed by atoms with Gasteiger partial charge in [-0.2, -0.15) is 4.31 Å². The predicted octanol–water partition coefficient (Wildman–Crippen LogP) is 3.17. The summed E-state index contributed by atoms with van der Waals surface area (Å²) in [6.45, 7) is 1.99. The highest BCUT2D eigenvalue weighted by Gasteiger charge is 2.23. The molecule has 2 aromatic rings. The fraction of sp³-hybridized carbons (Fsp3) is 0.231. The first-order valence-electron chi connectivity index (χ1n) is 5.66. The highest BCUT2D eigenvalue weighted by Crippen LogP contribution is 2.23. The zero-order valence-electron chi connectivity index (χ0n) is 10.6. The summed E-state index contributed by atoms with van der Waals surface area (Å²) >= 11 is 3.33. The minimum Gasteiger partial charge on any atom is -0.468 e. The summed E-state index contributed by atoms with van der Waals surface area (Å²) < 4.78 is 32.2. The van der Waals surface area contributed by atoms with Gasteiger partial charge in [0.1, 0.15) is 5.76 Å². The molecule has 0 unspecified atom stereocenters. The molecule has 0 amide bonds. The molecule has 6 heteroatoms. The largest absolute Gasteiger partial charge is 0.468 e. The lowest BCUT2D eigenvalue weighted by atomic mass is 10.2. The van der Waals surface area contributed by atoms with Crippen LogP contribution in [0.4, 0.5) is 0 Å². The number of benzene rings is 1. The number of halogens is 1. The average Bonchev–Trinajstić information content (AvgIpc) is 2.81. The normalized spacial score (nSPS) is 12.0. The standard InChI is InChI=1S/C13H14BrNO3S/c1-10-8-11(14)5-6-13(10)19(16,17)15(2)9-12-4-3-7-18-12/h3-8H,9H2,1-2H3. The van der Waals surface area contributed by atoms with Gasteiger partial charge in [-0.1, -0.05) is 15.9 Å². The van der Waals surface area contributed by atoms with E-state index in [1.54, 1.807) is 44.3 Å². The van der Waals surface area contributed by atoms with Crippen LogP contribution < -0.4 is 0 Å². The molecule has 1 heterocycles. The molecule has 0 bridgehead atoms. The van der Waals surface area contributed by atoms with Crippen molar-refractivity contribution in [2.24, 2.45) is 0 Å². The Labute approximate surface area is 121 Å². The fourth-order valence-electron chi connectivity index (χ4n) is 1.78. The van der Waals surface area contributed by atoms with E-state index in [9.17, 15) is 8.42 Å². The van der Waals surface area contributed by atoms with Gasteiger partial charge in [0.25, 0.3) is 0 Å². The summed E-state index contributed by atoms with van der Waals surface area (Å²) in [5.41, 5.74) is 0.709. The lowest BCUT2D eigenvalue weighted by molar-refractivity contribution is 0.406. The topological polar surface area (TPSA) is 50.5 Å². The molecule has 1 aromatic carbocycles. The Balaban J connectivity index is 2.31. The molecule has 19 heavy (non-hydrogen) atoms. The molecule has 0 spiro atoms. The van der Waals surface area contributed by atoms with Crippen molar-refractivity contribution in [3.63, 3.8) is 0 Å². The number of aryl methyl sites for hydroxylation is 1. The van der Waals surface area contributed by atoms with Crippen LogP contribution in [-0.4, -0.2) is 19.8 Å². The molecule has 1 aromatic heterocycles. The third-order valence-corrected chi connectivity index (χ3v) is 5.24. The number of furan rings is 1. The molecule has 0 saturated carbocycles. The van der Waals surface area contributed by atoms with Crippen LogP contribution in [0.5, 0.6) is 0 Å². The van der Waals surface area contributed by atoms with Gasteiger partial charge in [-0.3, -0.25) is 0 Å². The van der Waals surface area contributed by atoms with Crippen LogP contribution in [0.2, 0.25) is 0 Å². The van der Waals surface area contributed by atoms with Gasteiger partial charge in [0.05, 0.1) is 17.7 Å². The molecule has 0 aliphatic rings. The number of hydrogen-bond donors (Lipinski definition) is 0. The molecule has 0 atom stereocenters. The third-order valence-electron chi connectivity index (χ3n) is 2.78. The van der Waals surface area contributed by atoms with E-state index in [2.05, 4.69) is 15.9 Å². The predicted molar refractivity (Wildman–Crippen MR) is 76.2 cm³/mol. The minimum atomic E-state index is -3.51. The zero-order valence-corrected chi connectivity index (χ0v) is 13.0. The molecular weight excluding hydrogens is 330 g/mol. The van der Waals surface area contributed by atoms with Crippen LogP contribution >= 0.6 is 15.9 Å². The quantitative estimate of drug-likeness (QED) is 0.856.